The second-order valence-corrected chi connectivity index (χ2v) is 9.71. The Balaban J connectivity index is 1.24. The summed E-state index contributed by atoms with van der Waals surface area (Å²) in [6.45, 7) is 3.99. The molecule has 0 spiro atoms. The topological polar surface area (TPSA) is 68.0 Å². The Bertz CT molecular complexity index is 1560. The molecule has 0 unspecified atom stereocenters. The van der Waals surface area contributed by atoms with Crippen molar-refractivity contribution in [1.82, 2.24) is 10.1 Å². The average molecular weight is 485 g/mol. The minimum absolute atomic E-state index is 0.371. The van der Waals surface area contributed by atoms with Gasteiger partial charge in [0.1, 0.15) is 17.2 Å². The van der Waals surface area contributed by atoms with E-state index in [4.69, 9.17) is 9.51 Å². The van der Waals surface area contributed by atoms with Crippen LogP contribution in [0.5, 0.6) is 0 Å². The zero-order valence-corrected chi connectivity index (χ0v) is 20.8. The summed E-state index contributed by atoms with van der Waals surface area (Å²) in [7, 11) is 0. The van der Waals surface area contributed by atoms with E-state index in [0.29, 0.717) is 5.76 Å². The molecule has 3 aromatic carbocycles. The third-order valence-electron chi connectivity index (χ3n) is 7.08. The van der Waals surface area contributed by atoms with Gasteiger partial charge in [-0.3, -0.25) is 4.79 Å². The van der Waals surface area contributed by atoms with Crippen molar-refractivity contribution in [2.24, 2.45) is 0 Å². The Morgan fingerprint density at radius 2 is 1.41 bits per heavy atom. The van der Waals surface area contributed by atoms with Crippen molar-refractivity contribution in [2.75, 3.05) is 5.32 Å². The van der Waals surface area contributed by atoms with Crippen LogP contribution in [-0.2, 0) is 10.2 Å². The molecule has 0 aliphatic heterocycles. The normalized spacial score (nSPS) is 13.8. The zero-order chi connectivity index (χ0) is 25.4. The maximum atomic E-state index is 11.3. The van der Waals surface area contributed by atoms with Crippen LogP contribution in [0.15, 0.2) is 95.5 Å². The van der Waals surface area contributed by atoms with Crippen molar-refractivity contribution < 1.29 is 9.32 Å². The molecule has 1 radical (unpaired) electrons. The molecule has 0 bridgehead atoms. The number of pyridine rings is 1. The lowest BCUT2D eigenvalue weighted by atomic mass is 9.94. The highest BCUT2D eigenvalue weighted by molar-refractivity contribution is 5.80. The highest BCUT2D eigenvalue weighted by Gasteiger charge is 2.45. The van der Waals surface area contributed by atoms with Crippen LogP contribution in [0, 0.1) is 13.8 Å². The molecule has 181 valence electrons. The van der Waals surface area contributed by atoms with Gasteiger partial charge in [0.05, 0.1) is 11.1 Å². The Morgan fingerprint density at radius 1 is 0.784 bits per heavy atom. The van der Waals surface area contributed by atoms with Gasteiger partial charge in [-0.25, -0.2) is 4.98 Å². The molecule has 0 atom stereocenters. The van der Waals surface area contributed by atoms with Crippen molar-refractivity contribution in [1.29, 1.82) is 0 Å². The molecule has 2 heterocycles. The van der Waals surface area contributed by atoms with Gasteiger partial charge < -0.3 is 9.84 Å². The summed E-state index contributed by atoms with van der Waals surface area (Å²) >= 11 is 0. The van der Waals surface area contributed by atoms with Crippen molar-refractivity contribution in [3.05, 3.63) is 108 Å². The number of benzene rings is 3. The second kappa shape index (κ2) is 9.17. The van der Waals surface area contributed by atoms with E-state index in [1.54, 1.807) is 0 Å². The van der Waals surface area contributed by atoms with Gasteiger partial charge in [-0.1, -0.05) is 89.6 Å². The maximum Gasteiger partial charge on any atom is 0.209 e. The molecule has 1 N–H and O–H groups in total. The number of carbonyl (C=O) groups excluding carboxylic acids is 1. The number of anilines is 2. The summed E-state index contributed by atoms with van der Waals surface area (Å²) < 4.78 is 5.72. The monoisotopic (exact) mass is 484 g/mol. The third-order valence-corrected chi connectivity index (χ3v) is 7.08. The van der Waals surface area contributed by atoms with Crippen LogP contribution in [-0.4, -0.2) is 16.4 Å². The van der Waals surface area contributed by atoms with Gasteiger partial charge in [-0.2, -0.15) is 0 Å². The van der Waals surface area contributed by atoms with Crippen LogP contribution >= 0.6 is 0 Å². The van der Waals surface area contributed by atoms with E-state index < -0.39 is 0 Å². The lowest BCUT2D eigenvalue weighted by molar-refractivity contribution is 0.427. The fraction of sp³-hybridized carbons (Fsp3) is 0.156. The molecular formula is C32H26N3O2. The predicted octanol–water partition coefficient (Wildman–Crippen LogP) is 7.57. The molecule has 0 saturated heterocycles. The van der Waals surface area contributed by atoms with Crippen molar-refractivity contribution in [3.63, 3.8) is 0 Å². The molecule has 6 rings (SSSR count). The molecule has 1 fully saturated rings. The molecule has 37 heavy (non-hydrogen) atoms. The van der Waals surface area contributed by atoms with Gasteiger partial charge in [-0.15, -0.1) is 0 Å². The van der Waals surface area contributed by atoms with E-state index in [1.165, 1.54) is 5.56 Å². The lowest BCUT2D eigenvalue weighted by Crippen LogP contribution is -2.06. The summed E-state index contributed by atoms with van der Waals surface area (Å²) in [4.78, 5) is 16.1. The van der Waals surface area contributed by atoms with Crippen LogP contribution < -0.4 is 5.32 Å². The van der Waals surface area contributed by atoms with Crippen molar-refractivity contribution in [3.8, 4) is 33.7 Å². The van der Waals surface area contributed by atoms with Crippen LogP contribution in [0.1, 0.15) is 29.7 Å². The lowest BCUT2D eigenvalue weighted by Gasteiger charge is -2.10. The highest BCUT2D eigenvalue weighted by atomic mass is 16.5. The second-order valence-electron chi connectivity index (χ2n) is 9.71. The molecule has 1 aliphatic rings. The molecule has 5 aromatic rings. The van der Waals surface area contributed by atoms with E-state index in [2.05, 4.69) is 72.2 Å². The van der Waals surface area contributed by atoms with E-state index in [-0.39, 0.29) is 5.41 Å². The highest BCUT2D eigenvalue weighted by Crippen LogP contribution is 2.46. The number of rotatable bonds is 7. The van der Waals surface area contributed by atoms with Crippen LogP contribution in [0.4, 0.5) is 11.5 Å². The molecular weight excluding hydrogens is 458 g/mol. The van der Waals surface area contributed by atoms with E-state index in [9.17, 15) is 4.79 Å². The Labute approximate surface area is 216 Å². The summed E-state index contributed by atoms with van der Waals surface area (Å²) in [6, 6.07) is 30.7. The summed E-state index contributed by atoms with van der Waals surface area (Å²) in [5.74, 6) is 1.39. The van der Waals surface area contributed by atoms with Gasteiger partial charge in [-0.05, 0) is 55.5 Å². The molecule has 5 nitrogen and oxygen atoms in total. The third kappa shape index (κ3) is 4.45. The zero-order valence-electron chi connectivity index (χ0n) is 20.8. The maximum absolute atomic E-state index is 11.3. The number of nitrogens with one attached hydrogen (secondary N) is 1. The number of nitrogens with zero attached hydrogens (tertiary/aromatic N) is 2. The van der Waals surface area contributed by atoms with Crippen LogP contribution in [0.2, 0.25) is 0 Å². The molecule has 1 aliphatic carbocycles. The SMILES string of the molecule is Cc1ccc(-c2cccc(Nc3c(C)noc3-c3ccc(-c4ccc(C5([C]=O)CC5)cc4)cc3)n2)cc1. The van der Waals surface area contributed by atoms with Gasteiger partial charge in [0, 0.05) is 11.1 Å². The summed E-state index contributed by atoms with van der Waals surface area (Å²) in [5.41, 5.74) is 8.53. The van der Waals surface area contributed by atoms with Gasteiger partial charge in [0.25, 0.3) is 0 Å². The Kier molecular flexibility index (Phi) is 5.68. The van der Waals surface area contributed by atoms with E-state index in [1.807, 2.05) is 49.4 Å². The Morgan fingerprint density at radius 3 is 2.05 bits per heavy atom. The minimum atomic E-state index is -0.371. The van der Waals surface area contributed by atoms with Gasteiger partial charge in [0.2, 0.25) is 6.29 Å². The molecule has 1 saturated carbocycles. The minimum Gasteiger partial charge on any atom is -0.354 e. The molecule has 0 amide bonds. The average Bonchev–Trinajstić information content (AvgIpc) is 3.67. The van der Waals surface area contributed by atoms with E-state index >= 15 is 0 Å². The quantitative estimate of drug-likeness (QED) is 0.258. The fourth-order valence-electron chi connectivity index (χ4n) is 4.60. The van der Waals surface area contributed by atoms with Gasteiger partial charge >= 0.3 is 0 Å². The van der Waals surface area contributed by atoms with E-state index in [0.717, 1.165) is 63.6 Å². The standard InChI is InChI=1S/C32H26N3O2/c1-21-6-8-25(9-7-21)28-4-3-5-29(33-28)34-30-22(2)35-37-31(30)26-12-10-23(11-13-26)24-14-16-27(17-15-24)32(20-36)18-19-32/h3-17H,18-19H2,1-2H3,(H,33,34). The van der Waals surface area contributed by atoms with Gasteiger partial charge in [0.15, 0.2) is 5.76 Å². The van der Waals surface area contributed by atoms with Crippen LogP contribution in [0.3, 0.4) is 0 Å². The predicted molar refractivity (Wildman–Crippen MR) is 146 cm³/mol. The first kappa shape index (κ1) is 22.9. The summed E-state index contributed by atoms with van der Waals surface area (Å²) in [5, 5.41) is 7.63. The van der Waals surface area contributed by atoms with Crippen LogP contribution in [0.25, 0.3) is 33.7 Å². The first-order valence-electron chi connectivity index (χ1n) is 12.4. The number of hydrogen-bond donors (Lipinski definition) is 1. The first-order chi connectivity index (χ1) is 18.0. The van der Waals surface area contributed by atoms with Crippen molar-refractivity contribution in [2.45, 2.75) is 32.1 Å². The molecule has 5 heteroatoms. The number of aryl methyl sites for hydroxylation is 2. The smallest absolute Gasteiger partial charge is 0.209 e. The van der Waals surface area contributed by atoms with Crippen molar-refractivity contribution >= 4 is 17.8 Å². The number of hydrogen-bond acceptors (Lipinski definition) is 5. The largest absolute Gasteiger partial charge is 0.354 e. The summed E-state index contributed by atoms with van der Waals surface area (Å²) in [6.07, 6.45) is 4.00. The Hall–Kier alpha value is -4.51. The fourth-order valence-corrected chi connectivity index (χ4v) is 4.60. The first-order valence-corrected chi connectivity index (χ1v) is 12.4. The molecule has 2 aromatic heterocycles. The number of aromatic nitrogens is 2.